The number of carbonyl (C=O) groups is 1. The van der Waals surface area contributed by atoms with Gasteiger partial charge in [-0.25, -0.2) is 0 Å². The molecule has 0 aromatic carbocycles. The van der Waals surface area contributed by atoms with Crippen LogP contribution in [0.3, 0.4) is 0 Å². The number of hydrogen-bond acceptors (Lipinski definition) is 5. The first-order valence-electron chi connectivity index (χ1n) is 5.17. The molecule has 2 heterocycles. The summed E-state index contributed by atoms with van der Waals surface area (Å²) in [5.74, 6) is 0.288. The Hall–Kier alpha value is -1.14. The van der Waals surface area contributed by atoms with Crippen LogP contribution < -0.4 is 10.2 Å². The highest BCUT2D eigenvalue weighted by molar-refractivity contribution is 6.31. The maximum Gasteiger partial charge on any atom is 0.242 e. The molecule has 0 bridgehead atoms. The summed E-state index contributed by atoms with van der Waals surface area (Å²) in [6.07, 6.45) is 1.67. The van der Waals surface area contributed by atoms with Gasteiger partial charge in [0, 0.05) is 13.6 Å². The van der Waals surface area contributed by atoms with Crippen molar-refractivity contribution in [3.63, 3.8) is 0 Å². The fourth-order valence-electron chi connectivity index (χ4n) is 1.89. The van der Waals surface area contributed by atoms with Crippen molar-refractivity contribution in [2.24, 2.45) is 0 Å². The van der Waals surface area contributed by atoms with Gasteiger partial charge in [0.25, 0.3) is 0 Å². The molecule has 8 heteroatoms. The number of aromatic nitrogens is 3. The van der Waals surface area contributed by atoms with E-state index in [4.69, 9.17) is 23.2 Å². The molecular formula is C9H11Cl2N5O. The SMILES string of the molecule is CNC(=O)C1CCCN1c1nc(Cl)nc(Cl)n1. The number of carbonyl (C=O) groups excluding carboxylic acids is 1. The lowest BCUT2D eigenvalue weighted by atomic mass is 10.2. The molecule has 0 aliphatic carbocycles. The van der Waals surface area contributed by atoms with Gasteiger partial charge < -0.3 is 10.2 Å². The number of anilines is 1. The van der Waals surface area contributed by atoms with Gasteiger partial charge in [0.1, 0.15) is 6.04 Å². The molecule has 2 rings (SSSR count). The van der Waals surface area contributed by atoms with Crippen LogP contribution in [0.5, 0.6) is 0 Å². The first-order valence-corrected chi connectivity index (χ1v) is 5.92. The van der Waals surface area contributed by atoms with Crippen LogP contribution in [0.15, 0.2) is 0 Å². The Balaban J connectivity index is 2.28. The summed E-state index contributed by atoms with van der Waals surface area (Å²) in [4.78, 5) is 25.1. The summed E-state index contributed by atoms with van der Waals surface area (Å²) in [6, 6.07) is -0.269. The lowest BCUT2D eigenvalue weighted by Gasteiger charge is -2.22. The van der Waals surface area contributed by atoms with E-state index in [9.17, 15) is 4.79 Å². The summed E-state index contributed by atoms with van der Waals surface area (Å²) in [6.45, 7) is 0.703. The molecule has 1 aliphatic rings. The summed E-state index contributed by atoms with van der Waals surface area (Å²) in [5.41, 5.74) is 0. The molecule has 1 N–H and O–H groups in total. The van der Waals surface area contributed by atoms with E-state index in [0.717, 1.165) is 12.8 Å². The van der Waals surface area contributed by atoms with Gasteiger partial charge in [0.05, 0.1) is 0 Å². The van der Waals surface area contributed by atoms with Crippen molar-refractivity contribution >= 4 is 35.1 Å². The second-order valence-electron chi connectivity index (χ2n) is 3.64. The predicted molar refractivity (Wildman–Crippen MR) is 64.3 cm³/mol. The number of nitrogens with one attached hydrogen (secondary N) is 1. The molecule has 1 fully saturated rings. The van der Waals surface area contributed by atoms with Gasteiger partial charge in [-0.1, -0.05) is 0 Å². The fourth-order valence-corrected chi connectivity index (χ4v) is 2.24. The molecule has 1 aromatic rings. The highest BCUT2D eigenvalue weighted by Gasteiger charge is 2.32. The lowest BCUT2D eigenvalue weighted by molar-refractivity contribution is -0.121. The first kappa shape index (κ1) is 12.3. The fraction of sp³-hybridized carbons (Fsp3) is 0.556. The molecule has 0 saturated carbocycles. The Labute approximate surface area is 108 Å². The highest BCUT2D eigenvalue weighted by Crippen LogP contribution is 2.24. The third kappa shape index (κ3) is 2.58. The number of hydrogen-bond donors (Lipinski definition) is 1. The zero-order valence-corrected chi connectivity index (χ0v) is 10.7. The van der Waals surface area contributed by atoms with E-state index >= 15 is 0 Å². The molecule has 6 nitrogen and oxygen atoms in total. The van der Waals surface area contributed by atoms with Gasteiger partial charge in [-0.2, -0.15) is 15.0 Å². The van der Waals surface area contributed by atoms with Gasteiger partial charge in [-0.05, 0) is 36.0 Å². The van der Waals surface area contributed by atoms with Crippen molar-refractivity contribution in [3.05, 3.63) is 10.6 Å². The van der Waals surface area contributed by atoms with Crippen LogP contribution in [0.4, 0.5) is 5.95 Å². The van der Waals surface area contributed by atoms with E-state index in [0.29, 0.717) is 12.5 Å². The van der Waals surface area contributed by atoms with Gasteiger partial charge in [-0.15, -0.1) is 0 Å². The van der Waals surface area contributed by atoms with Crippen LogP contribution in [0, 0.1) is 0 Å². The number of amides is 1. The smallest absolute Gasteiger partial charge is 0.242 e. The van der Waals surface area contributed by atoms with E-state index in [2.05, 4.69) is 20.3 Å². The molecule has 17 heavy (non-hydrogen) atoms. The molecule has 1 aromatic heterocycles. The lowest BCUT2D eigenvalue weighted by Crippen LogP contribution is -2.42. The minimum atomic E-state index is -0.269. The van der Waals surface area contributed by atoms with Crippen molar-refractivity contribution in [1.82, 2.24) is 20.3 Å². The van der Waals surface area contributed by atoms with Crippen molar-refractivity contribution in [1.29, 1.82) is 0 Å². The second-order valence-corrected chi connectivity index (χ2v) is 4.32. The van der Waals surface area contributed by atoms with E-state index in [1.165, 1.54) is 0 Å². The standard InChI is InChI=1S/C9H11Cl2N5O/c1-12-6(17)5-3-2-4-16(5)9-14-7(10)13-8(11)15-9/h5H,2-4H2,1H3,(H,12,17). The Morgan fingerprint density at radius 2 is 2.00 bits per heavy atom. The minimum Gasteiger partial charge on any atom is -0.357 e. The number of likely N-dealkylation sites (N-methyl/N-ethyl adjacent to an activating group) is 1. The van der Waals surface area contributed by atoms with Gasteiger partial charge >= 0.3 is 0 Å². The summed E-state index contributed by atoms with van der Waals surface area (Å²) in [5, 5.41) is 2.68. The average molecular weight is 276 g/mol. The Kier molecular flexibility index (Phi) is 3.63. The average Bonchev–Trinajstić information content (AvgIpc) is 2.75. The molecule has 1 unspecified atom stereocenters. The van der Waals surface area contributed by atoms with Crippen LogP contribution in [0.25, 0.3) is 0 Å². The van der Waals surface area contributed by atoms with Gasteiger partial charge in [0.2, 0.25) is 22.4 Å². The summed E-state index contributed by atoms with van der Waals surface area (Å²) in [7, 11) is 1.60. The Morgan fingerprint density at radius 3 is 2.59 bits per heavy atom. The van der Waals surface area contributed by atoms with Gasteiger partial charge in [0.15, 0.2) is 0 Å². The molecule has 92 valence electrons. The molecule has 1 amide bonds. The highest BCUT2D eigenvalue weighted by atomic mass is 35.5. The number of rotatable bonds is 2. The maximum atomic E-state index is 11.7. The zero-order valence-electron chi connectivity index (χ0n) is 9.15. The summed E-state index contributed by atoms with van der Waals surface area (Å²) < 4.78 is 0. The third-order valence-electron chi connectivity index (χ3n) is 2.63. The van der Waals surface area contributed by atoms with E-state index in [1.807, 2.05) is 0 Å². The molecular weight excluding hydrogens is 265 g/mol. The number of halogens is 2. The largest absolute Gasteiger partial charge is 0.357 e. The molecule has 1 atom stereocenters. The quantitative estimate of drug-likeness (QED) is 0.868. The van der Waals surface area contributed by atoms with Gasteiger partial charge in [-0.3, -0.25) is 4.79 Å². The molecule has 0 spiro atoms. The summed E-state index contributed by atoms with van der Waals surface area (Å²) >= 11 is 11.4. The van der Waals surface area contributed by atoms with Crippen molar-refractivity contribution in [2.45, 2.75) is 18.9 Å². The van der Waals surface area contributed by atoms with E-state index < -0.39 is 0 Å². The van der Waals surface area contributed by atoms with E-state index in [1.54, 1.807) is 11.9 Å². The molecule has 0 radical (unpaired) electrons. The molecule has 1 aliphatic heterocycles. The third-order valence-corrected chi connectivity index (χ3v) is 2.97. The van der Waals surface area contributed by atoms with Crippen LogP contribution in [-0.4, -0.2) is 40.5 Å². The van der Waals surface area contributed by atoms with Crippen molar-refractivity contribution < 1.29 is 4.79 Å². The van der Waals surface area contributed by atoms with Crippen LogP contribution in [0.2, 0.25) is 10.6 Å². The zero-order chi connectivity index (χ0) is 12.4. The Bertz CT molecular complexity index is 421. The normalized spacial score (nSPS) is 19.5. The second kappa shape index (κ2) is 5.01. The van der Waals surface area contributed by atoms with Crippen LogP contribution >= 0.6 is 23.2 Å². The predicted octanol–water partition coefficient (Wildman–Crippen LogP) is 0.893. The Morgan fingerprint density at radius 1 is 1.35 bits per heavy atom. The molecule has 1 saturated heterocycles. The van der Waals surface area contributed by atoms with E-state index in [-0.39, 0.29) is 22.5 Å². The van der Waals surface area contributed by atoms with Crippen molar-refractivity contribution in [3.8, 4) is 0 Å². The monoisotopic (exact) mass is 275 g/mol. The van der Waals surface area contributed by atoms with Crippen LogP contribution in [0.1, 0.15) is 12.8 Å². The number of nitrogens with zero attached hydrogens (tertiary/aromatic N) is 4. The van der Waals surface area contributed by atoms with Crippen molar-refractivity contribution in [2.75, 3.05) is 18.5 Å². The topological polar surface area (TPSA) is 71.0 Å². The minimum absolute atomic E-state index is 0.0301. The maximum absolute atomic E-state index is 11.7. The van der Waals surface area contributed by atoms with Crippen LogP contribution in [-0.2, 0) is 4.79 Å². The first-order chi connectivity index (χ1) is 8.11.